The number of anilines is 2. The maximum Gasteiger partial charge on any atom is 0.319 e. The summed E-state index contributed by atoms with van der Waals surface area (Å²) in [5.41, 5.74) is 2.71. The molecule has 2 rings (SSSR count). The standard InChI is InChI=1S/C23H34N4O2S/c1-15(2)17(5)27(22(28)21-9-8-12-30-21)14-18-13-19(10-11-20(18)26(6)7)25-23(29)24-16(3)4/h8-13,15-17H,14H2,1-7H3,(H2,24,25,29)/t17-/m0/s1. The summed E-state index contributed by atoms with van der Waals surface area (Å²) >= 11 is 1.46. The zero-order valence-electron chi connectivity index (χ0n) is 19.0. The van der Waals surface area contributed by atoms with Gasteiger partial charge < -0.3 is 20.4 Å². The summed E-state index contributed by atoms with van der Waals surface area (Å²) in [6.07, 6.45) is 0. The number of amides is 3. The summed E-state index contributed by atoms with van der Waals surface area (Å²) in [7, 11) is 3.96. The minimum atomic E-state index is -0.240. The average Bonchev–Trinajstić information content (AvgIpc) is 3.18. The molecule has 0 aliphatic carbocycles. The zero-order chi connectivity index (χ0) is 22.4. The number of thiophene rings is 1. The van der Waals surface area contributed by atoms with Crippen LogP contribution in [0.1, 0.15) is 49.9 Å². The lowest BCUT2D eigenvalue weighted by Crippen LogP contribution is -2.41. The van der Waals surface area contributed by atoms with Gasteiger partial charge in [-0.3, -0.25) is 4.79 Å². The fraction of sp³-hybridized carbons (Fsp3) is 0.478. The Labute approximate surface area is 184 Å². The van der Waals surface area contributed by atoms with Crippen LogP contribution in [-0.4, -0.2) is 43.0 Å². The predicted molar refractivity (Wildman–Crippen MR) is 127 cm³/mol. The summed E-state index contributed by atoms with van der Waals surface area (Å²) in [5, 5.41) is 7.65. The van der Waals surface area contributed by atoms with Crippen molar-refractivity contribution in [3.05, 3.63) is 46.2 Å². The average molecular weight is 431 g/mol. The number of hydrogen-bond acceptors (Lipinski definition) is 4. The van der Waals surface area contributed by atoms with E-state index in [4.69, 9.17) is 0 Å². The van der Waals surface area contributed by atoms with E-state index < -0.39 is 0 Å². The van der Waals surface area contributed by atoms with Gasteiger partial charge in [-0.25, -0.2) is 4.79 Å². The number of nitrogens with zero attached hydrogens (tertiary/aromatic N) is 2. The first-order valence-corrected chi connectivity index (χ1v) is 11.2. The molecule has 0 bridgehead atoms. The van der Waals surface area contributed by atoms with E-state index >= 15 is 0 Å². The van der Waals surface area contributed by atoms with Crippen molar-refractivity contribution in [2.24, 2.45) is 5.92 Å². The second kappa shape index (κ2) is 10.5. The van der Waals surface area contributed by atoms with Crippen molar-refractivity contribution in [1.29, 1.82) is 0 Å². The van der Waals surface area contributed by atoms with Crippen molar-refractivity contribution in [2.45, 2.75) is 53.2 Å². The number of carbonyl (C=O) groups is 2. The number of nitrogens with one attached hydrogen (secondary N) is 2. The van der Waals surface area contributed by atoms with Crippen LogP contribution in [0.25, 0.3) is 0 Å². The van der Waals surface area contributed by atoms with Gasteiger partial charge in [0.1, 0.15) is 0 Å². The Kier molecular flexibility index (Phi) is 8.29. The Balaban J connectivity index is 2.37. The fourth-order valence-electron chi connectivity index (χ4n) is 3.14. The Hall–Kier alpha value is -2.54. The van der Waals surface area contributed by atoms with Crippen LogP contribution >= 0.6 is 11.3 Å². The van der Waals surface area contributed by atoms with Crippen molar-refractivity contribution in [3.63, 3.8) is 0 Å². The van der Waals surface area contributed by atoms with Crippen LogP contribution in [0.5, 0.6) is 0 Å². The molecule has 30 heavy (non-hydrogen) atoms. The first-order chi connectivity index (χ1) is 14.1. The number of benzene rings is 1. The maximum atomic E-state index is 13.3. The highest BCUT2D eigenvalue weighted by Crippen LogP contribution is 2.27. The highest BCUT2D eigenvalue weighted by molar-refractivity contribution is 7.12. The van der Waals surface area contributed by atoms with Crippen LogP contribution in [0.15, 0.2) is 35.7 Å². The lowest BCUT2D eigenvalue weighted by molar-refractivity contribution is 0.0633. The molecular weight excluding hydrogens is 396 g/mol. The third-order valence-corrected chi connectivity index (χ3v) is 5.89. The molecule has 1 heterocycles. The molecule has 1 aromatic carbocycles. The quantitative estimate of drug-likeness (QED) is 0.617. The van der Waals surface area contributed by atoms with Crippen molar-refractivity contribution < 1.29 is 9.59 Å². The second-order valence-corrected chi connectivity index (χ2v) is 9.33. The Morgan fingerprint density at radius 2 is 1.77 bits per heavy atom. The Morgan fingerprint density at radius 3 is 2.30 bits per heavy atom. The summed E-state index contributed by atoms with van der Waals surface area (Å²) in [4.78, 5) is 30.1. The third kappa shape index (κ3) is 6.23. The van der Waals surface area contributed by atoms with Gasteiger partial charge in [0.15, 0.2) is 0 Å². The molecule has 3 amide bonds. The smallest absolute Gasteiger partial charge is 0.319 e. The molecule has 0 saturated heterocycles. The van der Waals surface area contributed by atoms with E-state index in [0.717, 1.165) is 16.1 Å². The van der Waals surface area contributed by atoms with Crippen molar-refractivity contribution >= 4 is 34.6 Å². The van der Waals surface area contributed by atoms with E-state index in [2.05, 4.69) is 31.4 Å². The van der Waals surface area contributed by atoms with Crippen LogP contribution in [0.2, 0.25) is 0 Å². The number of rotatable bonds is 8. The normalized spacial score (nSPS) is 12.0. The number of urea groups is 1. The van der Waals surface area contributed by atoms with Crippen molar-refractivity contribution in [3.8, 4) is 0 Å². The maximum absolute atomic E-state index is 13.3. The van der Waals surface area contributed by atoms with Crippen LogP contribution < -0.4 is 15.5 Å². The predicted octanol–water partition coefficient (Wildman–Crippen LogP) is 5.03. The Morgan fingerprint density at radius 1 is 1.07 bits per heavy atom. The van der Waals surface area contributed by atoms with Gasteiger partial charge >= 0.3 is 6.03 Å². The first-order valence-electron chi connectivity index (χ1n) is 10.3. The first kappa shape index (κ1) is 23.7. The van der Waals surface area contributed by atoms with Gasteiger partial charge in [0.25, 0.3) is 5.91 Å². The van der Waals surface area contributed by atoms with E-state index in [0.29, 0.717) is 18.2 Å². The van der Waals surface area contributed by atoms with Crippen LogP contribution in [-0.2, 0) is 6.54 Å². The lowest BCUT2D eigenvalue weighted by Gasteiger charge is -2.33. The van der Waals surface area contributed by atoms with E-state index in [9.17, 15) is 9.59 Å². The van der Waals surface area contributed by atoms with Gasteiger partial charge in [0, 0.05) is 44.1 Å². The van der Waals surface area contributed by atoms with Gasteiger partial charge in [-0.2, -0.15) is 0 Å². The molecule has 7 heteroatoms. The summed E-state index contributed by atoms with van der Waals surface area (Å²) < 4.78 is 0. The highest BCUT2D eigenvalue weighted by atomic mass is 32.1. The minimum absolute atomic E-state index is 0.0341. The molecule has 0 aliphatic rings. The molecule has 1 atom stereocenters. The number of hydrogen-bond donors (Lipinski definition) is 2. The van der Waals surface area contributed by atoms with Gasteiger partial charge in [-0.15, -0.1) is 11.3 Å². The molecule has 0 saturated carbocycles. The lowest BCUT2D eigenvalue weighted by atomic mass is 10.0. The molecule has 0 aliphatic heterocycles. The molecule has 0 spiro atoms. The van der Waals surface area contributed by atoms with E-state index in [1.807, 2.05) is 73.5 Å². The van der Waals surface area contributed by atoms with Crippen molar-refractivity contribution in [2.75, 3.05) is 24.3 Å². The van der Waals surface area contributed by atoms with Crippen LogP contribution in [0.3, 0.4) is 0 Å². The molecule has 0 radical (unpaired) electrons. The molecule has 6 nitrogen and oxygen atoms in total. The second-order valence-electron chi connectivity index (χ2n) is 8.39. The summed E-state index contributed by atoms with van der Waals surface area (Å²) in [6, 6.07) is 9.47. The van der Waals surface area contributed by atoms with Gasteiger partial charge in [-0.1, -0.05) is 19.9 Å². The van der Waals surface area contributed by atoms with E-state index in [1.54, 1.807) is 0 Å². The summed E-state index contributed by atoms with van der Waals surface area (Å²) in [6.45, 7) is 10.6. The fourth-order valence-corrected chi connectivity index (χ4v) is 3.82. The monoisotopic (exact) mass is 430 g/mol. The molecule has 164 valence electrons. The SMILES string of the molecule is CC(C)NC(=O)Nc1ccc(N(C)C)c(CN(C(=O)c2cccs2)[C@@H](C)C(C)C)c1. The molecule has 0 unspecified atom stereocenters. The van der Waals surface area contributed by atoms with E-state index in [-0.39, 0.29) is 24.0 Å². The van der Waals surface area contributed by atoms with Gasteiger partial charge in [0.2, 0.25) is 0 Å². The van der Waals surface area contributed by atoms with Crippen LogP contribution in [0, 0.1) is 5.92 Å². The minimum Gasteiger partial charge on any atom is -0.377 e. The highest BCUT2D eigenvalue weighted by Gasteiger charge is 2.26. The van der Waals surface area contributed by atoms with Crippen molar-refractivity contribution in [1.82, 2.24) is 10.2 Å². The van der Waals surface area contributed by atoms with Crippen LogP contribution in [0.4, 0.5) is 16.2 Å². The molecule has 2 N–H and O–H groups in total. The molecule has 0 fully saturated rings. The largest absolute Gasteiger partial charge is 0.377 e. The molecule has 2 aromatic rings. The zero-order valence-corrected chi connectivity index (χ0v) is 19.8. The van der Waals surface area contributed by atoms with Gasteiger partial charge in [-0.05, 0) is 61.9 Å². The summed E-state index contributed by atoms with van der Waals surface area (Å²) in [5.74, 6) is 0.349. The Bertz CT molecular complexity index is 847. The third-order valence-electron chi connectivity index (χ3n) is 5.03. The van der Waals surface area contributed by atoms with Gasteiger partial charge in [0.05, 0.1) is 4.88 Å². The topological polar surface area (TPSA) is 64.7 Å². The van der Waals surface area contributed by atoms with E-state index in [1.165, 1.54) is 11.3 Å². The molecule has 1 aromatic heterocycles. The number of carbonyl (C=O) groups excluding carboxylic acids is 2. The molecular formula is C23H34N4O2S.